The maximum Gasteiger partial charge on any atom is 0.296 e. The van der Waals surface area contributed by atoms with Crippen molar-refractivity contribution >= 4 is 23.0 Å². The number of amides is 1. The van der Waals surface area contributed by atoms with Crippen LogP contribution in [0.15, 0.2) is 46.6 Å². The van der Waals surface area contributed by atoms with Crippen LogP contribution in [-0.2, 0) is 17.6 Å². The highest BCUT2D eigenvalue weighted by Gasteiger charge is 2.29. The van der Waals surface area contributed by atoms with Gasteiger partial charge in [-0.3, -0.25) is 10.2 Å². The van der Waals surface area contributed by atoms with Crippen LogP contribution >= 0.6 is 0 Å². The van der Waals surface area contributed by atoms with E-state index >= 15 is 0 Å². The number of phenolic OH excluding ortho intramolecular Hbond substituents is 1. The molecule has 0 fully saturated rings. The van der Waals surface area contributed by atoms with E-state index in [2.05, 4.69) is 47.7 Å². The summed E-state index contributed by atoms with van der Waals surface area (Å²) in [5, 5.41) is 29.3. The number of aryl methyl sites for hydroxylation is 4. The van der Waals surface area contributed by atoms with Gasteiger partial charge in [-0.05, 0) is 62.8 Å². The Balaban J connectivity index is 1.71. The molecule has 1 amide bonds. The molecular weight excluding hydrogens is 380 g/mol. The maximum absolute atomic E-state index is 12.4. The first-order valence-electron chi connectivity index (χ1n) is 10.1. The summed E-state index contributed by atoms with van der Waals surface area (Å²) < 4.78 is 0. The second-order valence-corrected chi connectivity index (χ2v) is 7.51. The van der Waals surface area contributed by atoms with Crippen LogP contribution in [0.5, 0.6) is 5.75 Å². The Bertz CT molecular complexity index is 998. The van der Waals surface area contributed by atoms with E-state index in [9.17, 15) is 9.90 Å². The highest BCUT2D eigenvalue weighted by Crippen LogP contribution is 2.29. The molecule has 1 aliphatic heterocycles. The molecule has 0 spiro atoms. The SMILES string of the molecule is CC1=NN(CCCO)C(=O)/C1=N\Nc1cccc(CCc2cc(C)ccc2C)c1O. The number of aliphatic hydroxyl groups excluding tert-OH is 1. The summed E-state index contributed by atoms with van der Waals surface area (Å²) in [5.41, 5.74) is 8.48. The number of phenols is 1. The zero-order valence-corrected chi connectivity index (χ0v) is 17.6. The van der Waals surface area contributed by atoms with E-state index < -0.39 is 0 Å². The Morgan fingerprint density at radius 3 is 2.63 bits per heavy atom. The average Bonchev–Trinajstić information content (AvgIpc) is 3.00. The van der Waals surface area contributed by atoms with E-state index in [0.29, 0.717) is 30.8 Å². The molecule has 30 heavy (non-hydrogen) atoms. The highest BCUT2D eigenvalue weighted by molar-refractivity contribution is 6.68. The number of aromatic hydroxyl groups is 1. The molecule has 0 aliphatic carbocycles. The molecule has 2 aromatic carbocycles. The Morgan fingerprint density at radius 2 is 1.87 bits per heavy atom. The first-order valence-corrected chi connectivity index (χ1v) is 10.1. The summed E-state index contributed by atoms with van der Waals surface area (Å²) in [4.78, 5) is 12.4. The monoisotopic (exact) mass is 408 g/mol. The zero-order valence-electron chi connectivity index (χ0n) is 17.6. The third kappa shape index (κ3) is 4.86. The predicted molar refractivity (Wildman–Crippen MR) is 119 cm³/mol. The lowest BCUT2D eigenvalue weighted by atomic mass is 9.98. The number of aliphatic hydroxyl groups is 1. The van der Waals surface area contributed by atoms with Crippen molar-refractivity contribution in [3.8, 4) is 5.75 Å². The third-order valence-electron chi connectivity index (χ3n) is 5.15. The largest absolute Gasteiger partial charge is 0.505 e. The van der Waals surface area contributed by atoms with Crippen LogP contribution in [0.3, 0.4) is 0 Å². The van der Waals surface area contributed by atoms with Crippen molar-refractivity contribution < 1.29 is 15.0 Å². The fourth-order valence-electron chi connectivity index (χ4n) is 3.39. The summed E-state index contributed by atoms with van der Waals surface area (Å²) in [6.07, 6.45) is 1.96. The molecule has 0 saturated carbocycles. The van der Waals surface area contributed by atoms with E-state index in [0.717, 1.165) is 12.0 Å². The molecule has 3 rings (SSSR count). The van der Waals surface area contributed by atoms with Gasteiger partial charge in [0.15, 0.2) is 5.71 Å². The molecule has 0 bridgehead atoms. The number of nitrogens with zero attached hydrogens (tertiary/aromatic N) is 3. The Hall–Kier alpha value is -3.19. The van der Waals surface area contributed by atoms with Gasteiger partial charge in [-0.1, -0.05) is 35.9 Å². The van der Waals surface area contributed by atoms with Gasteiger partial charge >= 0.3 is 0 Å². The van der Waals surface area contributed by atoms with E-state index in [-0.39, 0.29) is 24.0 Å². The highest BCUT2D eigenvalue weighted by atomic mass is 16.3. The third-order valence-corrected chi connectivity index (χ3v) is 5.15. The lowest BCUT2D eigenvalue weighted by Gasteiger charge is -2.12. The standard InChI is InChI=1S/C23H28N4O3/c1-15-8-9-16(2)19(14-15)11-10-18-6-4-7-20(22(18)29)24-25-21-17(3)26-27(23(21)30)12-5-13-28/h4,6-9,14,24,28-29H,5,10-13H2,1-3H3/b25-21-. The first-order chi connectivity index (χ1) is 14.4. The van der Waals surface area contributed by atoms with Crippen molar-refractivity contribution in [2.45, 2.75) is 40.0 Å². The zero-order chi connectivity index (χ0) is 21.7. The number of benzene rings is 2. The molecule has 0 atom stereocenters. The molecule has 0 radical (unpaired) electrons. The second-order valence-electron chi connectivity index (χ2n) is 7.51. The summed E-state index contributed by atoms with van der Waals surface area (Å²) in [5.74, 6) is -0.191. The molecule has 158 valence electrons. The summed E-state index contributed by atoms with van der Waals surface area (Å²) in [7, 11) is 0. The number of hydrogen-bond donors (Lipinski definition) is 3. The van der Waals surface area contributed by atoms with Crippen LogP contribution in [-0.4, -0.2) is 45.7 Å². The van der Waals surface area contributed by atoms with Gasteiger partial charge in [-0.15, -0.1) is 0 Å². The fourth-order valence-corrected chi connectivity index (χ4v) is 3.39. The minimum atomic E-state index is -0.320. The van der Waals surface area contributed by atoms with Gasteiger partial charge in [0.2, 0.25) is 0 Å². The number of hydrogen-bond acceptors (Lipinski definition) is 6. The minimum absolute atomic E-state index is 0.00812. The van der Waals surface area contributed by atoms with Crippen LogP contribution in [0.25, 0.3) is 0 Å². The van der Waals surface area contributed by atoms with Gasteiger partial charge in [0.25, 0.3) is 5.91 Å². The van der Waals surface area contributed by atoms with Gasteiger partial charge in [-0.25, -0.2) is 5.01 Å². The lowest BCUT2D eigenvalue weighted by molar-refractivity contribution is -0.123. The summed E-state index contributed by atoms with van der Waals surface area (Å²) in [6, 6.07) is 11.9. The van der Waals surface area contributed by atoms with Crippen molar-refractivity contribution in [2.75, 3.05) is 18.6 Å². The minimum Gasteiger partial charge on any atom is -0.505 e. The molecule has 0 unspecified atom stereocenters. The number of nitrogens with one attached hydrogen (secondary N) is 1. The van der Waals surface area contributed by atoms with Crippen LogP contribution < -0.4 is 5.43 Å². The lowest BCUT2D eigenvalue weighted by Crippen LogP contribution is -2.29. The predicted octanol–water partition coefficient (Wildman–Crippen LogP) is 3.16. The summed E-state index contributed by atoms with van der Waals surface area (Å²) in [6.45, 7) is 6.20. The average molecular weight is 409 g/mol. The van der Waals surface area contributed by atoms with Gasteiger partial charge in [-0.2, -0.15) is 10.2 Å². The Labute approximate surface area is 176 Å². The van der Waals surface area contributed by atoms with Gasteiger partial charge in [0.1, 0.15) is 5.75 Å². The number of carbonyl (C=O) groups is 1. The smallest absolute Gasteiger partial charge is 0.296 e. The molecule has 0 saturated heterocycles. The van der Waals surface area contributed by atoms with Crippen LogP contribution in [0.2, 0.25) is 0 Å². The molecule has 0 aromatic heterocycles. The maximum atomic E-state index is 12.4. The van der Waals surface area contributed by atoms with Crippen molar-refractivity contribution in [3.05, 3.63) is 58.7 Å². The molecule has 7 heteroatoms. The van der Waals surface area contributed by atoms with E-state index in [1.807, 2.05) is 12.1 Å². The molecule has 1 aliphatic rings. The fraction of sp³-hybridized carbons (Fsp3) is 0.348. The number of para-hydroxylation sites is 1. The molecule has 3 N–H and O–H groups in total. The van der Waals surface area contributed by atoms with Crippen LogP contribution in [0.1, 0.15) is 35.6 Å². The molecule has 7 nitrogen and oxygen atoms in total. The number of carbonyl (C=O) groups excluding carboxylic acids is 1. The topological polar surface area (TPSA) is 97.5 Å². The van der Waals surface area contributed by atoms with E-state index in [1.165, 1.54) is 21.7 Å². The van der Waals surface area contributed by atoms with Gasteiger partial charge in [0, 0.05) is 13.2 Å². The van der Waals surface area contributed by atoms with Crippen molar-refractivity contribution in [1.82, 2.24) is 5.01 Å². The van der Waals surface area contributed by atoms with Crippen molar-refractivity contribution in [3.63, 3.8) is 0 Å². The van der Waals surface area contributed by atoms with Gasteiger partial charge < -0.3 is 10.2 Å². The molecule has 2 aromatic rings. The Morgan fingerprint density at radius 1 is 1.10 bits per heavy atom. The van der Waals surface area contributed by atoms with Crippen molar-refractivity contribution in [1.29, 1.82) is 0 Å². The molecule has 1 heterocycles. The van der Waals surface area contributed by atoms with Gasteiger partial charge in [0.05, 0.1) is 11.4 Å². The number of hydrazone groups is 2. The number of anilines is 1. The van der Waals surface area contributed by atoms with Crippen molar-refractivity contribution in [2.24, 2.45) is 10.2 Å². The van der Waals surface area contributed by atoms with E-state index in [1.54, 1.807) is 13.0 Å². The second kappa shape index (κ2) is 9.54. The Kier molecular flexibility index (Phi) is 6.84. The van der Waals surface area contributed by atoms with Crippen LogP contribution in [0, 0.1) is 13.8 Å². The summed E-state index contributed by atoms with van der Waals surface area (Å²) >= 11 is 0. The molecular formula is C23H28N4O3. The van der Waals surface area contributed by atoms with E-state index in [4.69, 9.17) is 5.11 Å². The van der Waals surface area contributed by atoms with Crippen LogP contribution in [0.4, 0.5) is 5.69 Å². The normalized spacial score (nSPS) is 15.1. The number of rotatable bonds is 8. The first kappa shape index (κ1) is 21.5. The quantitative estimate of drug-likeness (QED) is 0.462.